The summed E-state index contributed by atoms with van der Waals surface area (Å²) in [7, 11) is 2.01. The Bertz CT molecular complexity index is 395. The molecule has 0 aliphatic heterocycles. The van der Waals surface area contributed by atoms with Crippen molar-refractivity contribution in [3.05, 3.63) is 12.2 Å². The quantitative estimate of drug-likeness (QED) is 0.469. The average Bonchev–Trinajstić information content (AvgIpc) is 2.51. The van der Waals surface area contributed by atoms with Gasteiger partial charge in [0.2, 0.25) is 0 Å². The van der Waals surface area contributed by atoms with Crippen LogP contribution >= 0.6 is 0 Å². The summed E-state index contributed by atoms with van der Waals surface area (Å²) in [5.74, 6) is 3.63. The van der Waals surface area contributed by atoms with Crippen molar-refractivity contribution in [2.24, 2.45) is 34.6 Å². The molecule has 0 aromatic rings. The Kier molecular flexibility index (Phi) is 9.93. The maximum atomic E-state index is 4.72. The van der Waals surface area contributed by atoms with Crippen LogP contribution in [0, 0.1) is 29.6 Å². The summed E-state index contributed by atoms with van der Waals surface area (Å²) in [6.07, 6.45) is 11.8. The molecule has 0 aromatic heterocycles. The molecule has 0 saturated heterocycles. The van der Waals surface area contributed by atoms with Gasteiger partial charge in [-0.3, -0.25) is 4.99 Å². The fraction of sp³-hybridized carbons (Fsp3) is 0.870. The molecule has 0 bridgehead atoms. The molecule has 1 saturated carbocycles. The highest BCUT2D eigenvalue weighted by atomic mass is 14.7. The lowest BCUT2D eigenvalue weighted by Gasteiger charge is -2.29. The zero-order valence-electron chi connectivity index (χ0n) is 17.4. The number of rotatable bonds is 2. The Morgan fingerprint density at radius 1 is 0.958 bits per heavy atom. The van der Waals surface area contributed by atoms with E-state index in [1.807, 2.05) is 7.05 Å². The van der Waals surface area contributed by atoms with Gasteiger partial charge in [-0.1, -0.05) is 66.0 Å². The number of aliphatic imine (C=N–C) groups is 1. The summed E-state index contributed by atoms with van der Waals surface area (Å²) in [5.41, 5.74) is 2.95. The summed E-state index contributed by atoms with van der Waals surface area (Å²) < 4.78 is 0. The molecule has 0 aromatic carbocycles. The molecule has 1 aliphatic rings. The van der Waals surface area contributed by atoms with Gasteiger partial charge in [0.05, 0.1) is 0 Å². The zero-order valence-corrected chi connectivity index (χ0v) is 17.4. The molecular weight excluding hydrogens is 290 g/mol. The Morgan fingerprint density at radius 2 is 1.67 bits per heavy atom. The first-order valence-electron chi connectivity index (χ1n) is 10.5. The van der Waals surface area contributed by atoms with E-state index in [0.717, 1.165) is 11.8 Å². The Labute approximate surface area is 152 Å². The van der Waals surface area contributed by atoms with E-state index in [4.69, 9.17) is 4.99 Å². The normalized spacial score (nSPS) is 36.5. The van der Waals surface area contributed by atoms with Gasteiger partial charge in [-0.15, -0.1) is 0 Å². The standard InChI is InChI=1S/C23H43N/c1-8-11-22-15-17(2)14-20(5)18(3)12-9-10-13-19(4)23(24-7)21(6)16-22/h17,19-22H,3,8-16H2,1-2,4-7H3/t17-,19?,20?,21+,22?/m0/s1. The SMILES string of the molecule is C=C1CCCCC(C)C(=NC)[C@H](C)CC(CCC)C[C@@H](C)CC1C. The van der Waals surface area contributed by atoms with Crippen LogP contribution in [0.3, 0.4) is 0 Å². The lowest BCUT2D eigenvalue weighted by molar-refractivity contribution is 0.299. The van der Waals surface area contributed by atoms with Crippen LogP contribution in [0.1, 0.15) is 92.4 Å². The van der Waals surface area contributed by atoms with Crippen molar-refractivity contribution in [2.75, 3.05) is 7.05 Å². The average molecular weight is 334 g/mol. The summed E-state index contributed by atoms with van der Waals surface area (Å²) in [4.78, 5) is 4.72. The van der Waals surface area contributed by atoms with Crippen LogP contribution in [-0.4, -0.2) is 12.8 Å². The maximum Gasteiger partial charge on any atom is 0.0276 e. The number of hydrogen-bond acceptors (Lipinski definition) is 1. The zero-order chi connectivity index (χ0) is 18.1. The molecule has 5 atom stereocenters. The molecule has 24 heavy (non-hydrogen) atoms. The van der Waals surface area contributed by atoms with E-state index in [0.29, 0.717) is 17.8 Å². The summed E-state index contributed by atoms with van der Waals surface area (Å²) >= 11 is 0. The van der Waals surface area contributed by atoms with Crippen LogP contribution < -0.4 is 0 Å². The topological polar surface area (TPSA) is 12.4 Å². The smallest absolute Gasteiger partial charge is 0.0276 e. The van der Waals surface area contributed by atoms with E-state index >= 15 is 0 Å². The minimum absolute atomic E-state index is 0.637. The lowest BCUT2D eigenvalue weighted by atomic mass is 9.77. The van der Waals surface area contributed by atoms with Crippen LogP contribution in [0.15, 0.2) is 17.1 Å². The molecule has 0 heterocycles. The lowest BCUT2D eigenvalue weighted by Crippen LogP contribution is -2.23. The van der Waals surface area contributed by atoms with Crippen molar-refractivity contribution in [2.45, 2.75) is 92.4 Å². The molecule has 0 amide bonds. The van der Waals surface area contributed by atoms with E-state index in [1.165, 1.54) is 69.1 Å². The second-order valence-corrected chi connectivity index (χ2v) is 8.72. The van der Waals surface area contributed by atoms with Crippen molar-refractivity contribution in [3.8, 4) is 0 Å². The van der Waals surface area contributed by atoms with Crippen molar-refractivity contribution < 1.29 is 0 Å². The number of nitrogens with zero attached hydrogens (tertiary/aromatic N) is 1. The molecule has 0 N–H and O–H groups in total. The van der Waals surface area contributed by atoms with Crippen molar-refractivity contribution in [3.63, 3.8) is 0 Å². The van der Waals surface area contributed by atoms with Gasteiger partial charge in [-0.05, 0) is 68.1 Å². The summed E-state index contributed by atoms with van der Waals surface area (Å²) in [5, 5.41) is 0. The molecule has 140 valence electrons. The summed E-state index contributed by atoms with van der Waals surface area (Å²) in [6.45, 7) is 16.4. The van der Waals surface area contributed by atoms with Gasteiger partial charge in [-0.2, -0.15) is 0 Å². The van der Waals surface area contributed by atoms with E-state index in [1.54, 1.807) is 0 Å². The molecule has 1 heteroatoms. The van der Waals surface area contributed by atoms with Crippen molar-refractivity contribution in [1.29, 1.82) is 0 Å². The van der Waals surface area contributed by atoms with E-state index in [9.17, 15) is 0 Å². The second kappa shape index (κ2) is 11.1. The van der Waals surface area contributed by atoms with E-state index in [-0.39, 0.29) is 0 Å². The predicted octanol–water partition coefficient (Wildman–Crippen LogP) is 7.32. The third-order valence-corrected chi connectivity index (χ3v) is 6.23. The molecule has 1 aliphatic carbocycles. The van der Waals surface area contributed by atoms with Gasteiger partial charge in [0.1, 0.15) is 0 Å². The largest absolute Gasteiger partial charge is 0.297 e. The van der Waals surface area contributed by atoms with Crippen LogP contribution in [0.25, 0.3) is 0 Å². The van der Waals surface area contributed by atoms with Gasteiger partial charge in [-0.25, -0.2) is 0 Å². The Hall–Kier alpha value is -0.590. The number of hydrogen-bond donors (Lipinski definition) is 0. The second-order valence-electron chi connectivity index (χ2n) is 8.72. The van der Waals surface area contributed by atoms with Gasteiger partial charge < -0.3 is 0 Å². The van der Waals surface area contributed by atoms with E-state index < -0.39 is 0 Å². The van der Waals surface area contributed by atoms with Gasteiger partial charge in [0.15, 0.2) is 0 Å². The van der Waals surface area contributed by atoms with Gasteiger partial charge in [0.25, 0.3) is 0 Å². The first kappa shape index (κ1) is 21.5. The number of allylic oxidation sites excluding steroid dienone is 1. The third kappa shape index (κ3) is 7.11. The van der Waals surface area contributed by atoms with Gasteiger partial charge in [0, 0.05) is 12.8 Å². The molecule has 1 rings (SSSR count). The monoisotopic (exact) mass is 333 g/mol. The first-order chi connectivity index (χ1) is 11.4. The van der Waals surface area contributed by atoms with Gasteiger partial charge >= 0.3 is 0 Å². The maximum absolute atomic E-state index is 4.72. The minimum atomic E-state index is 0.637. The van der Waals surface area contributed by atoms with E-state index in [2.05, 4.69) is 41.2 Å². The fourth-order valence-corrected chi connectivity index (χ4v) is 4.92. The predicted molar refractivity (Wildman–Crippen MR) is 110 cm³/mol. The van der Waals surface area contributed by atoms with Crippen LogP contribution in [0.4, 0.5) is 0 Å². The highest BCUT2D eigenvalue weighted by Gasteiger charge is 2.23. The highest BCUT2D eigenvalue weighted by molar-refractivity contribution is 5.88. The Morgan fingerprint density at radius 3 is 2.29 bits per heavy atom. The highest BCUT2D eigenvalue weighted by Crippen LogP contribution is 2.32. The van der Waals surface area contributed by atoms with Crippen molar-refractivity contribution >= 4 is 5.71 Å². The molecule has 0 radical (unpaired) electrons. The first-order valence-corrected chi connectivity index (χ1v) is 10.5. The van der Waals surface area contributed by atoms with Crippen LogP contribution in [0.2, 0.25) is 0 Å². The third-order valence-electron chi connectivity index (χ3n) is 6.23. The minimum Gasteiger partial charge on any atom is -0.297 e. The summed E-state index contributed by atoms with van der Waals surface area (Å²) in [6, 6.07) is 0. The van der Waals surface area contributed by atoms with Crippen molar-refractivity contribution in [1.82, 2.24) is 0 Å². The molecule has 1 nitrogen and oxygen atoms in total. The van der Waals surface area contributed by atoms with Crippen LogP contribution in [-0.2, 0) is 0 Å². The van der Waals surface area contributed by atoms with Crippen LogP contribution in [0.5, 0.6) is 0 Å². The fourth-order valence-electron chi connectivity index (χ4n) is 4.92. The molecule has 0 spiro atoms. The molecule has 1 fully saturated rings. The molecule has 3 unspecified atom stereocenters. The Balaban J connectivity index is 2.88. The molecular formula is C23H43N.